The van der Waals surface area contributed by atoms with E-state index in [0.717, 1.165) is 12.8 Å². The molecule has 1 unspecified atom stereocenters. The molecule has 1 aromatic heterocycles. The van der Waals surface area contributed by atoms with Gasteiger partial charge in [0.1, 0.15) is 0 Å². The van der Waals surface area contributed by atoms with Crippen LogP contribution in [0.15, 0.2) is 30.3 Å². The zero-order valence-electron chi connectivity index (χ0n) is 10.6. The van der Waals surface area contributed by atoms with Gasteiger partial charge in [-0.3, -0.25) is 0 Å². The summed E-state index contributed by atoms with van der Waals surface area (Å²) in [6.45, 7) is 2.23. The van der Waals surface area contributed by atoms with E-state index in [-0.39, 0.29) is 6.04 Å². The number of aromatic amines is 1. The van der Waals surface area contributed by atoms with Gasteiger partial charge in [-0.1, -0.05) is 44.4 Å². The number of H-pyrrole nitrogens is 1. The number of nitrogens with one attached hydrogen (secondary N) is 1. The van der Waals surface area contributed by atoms with Crippen molar-refractivity contribution in [3.05, 3.63) is 36.0 Å². The van der Waals surface area contributed by atoms with Crippen molar-refractivity contribution in [2.75, 3.05) is 0 Å². The highest BCUT2D eigenvalue weighted by atomic mass is 14.7. The van der Waals surface area contributed by atoms with Crippen LogP contribution in [0.5, 0.6) is 0 Å². The van der Waals surface area contributed by atoms with E-state index in [9.17, 15) is 0 Å². The van der Waals surface area contributed by atoms with Gasteiger partial charge in [0.25, 0.3) is 0 Å². The Kier molecular flexibility index (Phi) is 4.21. The second-order valence-electron chi connectivity index (χ2n) is 4.84. The van der Waals surface area contributed by atoms with E-state index in [0.29, 0.717) is 0 Å². The number of hydrogen-bond acceptors (Lipinski definition) is 1. The molecule has 0 aliphatic carbocycles. The summed E-state index contributed by atoms with van der Waals surface area (Å²) >= 11 is 0. The van der Waals surface area contributed by atoms with Crippen molar-refractivity contribution in [1.29, 1.82) is 0 Å². The molecule has 92 valence electrons. The van der Waals surface area contributed by atoms with Crippen LogP contribution in [0, 0.1) is 0 Å². The lowest BCUT2D eigenvalue weighted by atomic mass is 10.0. The number of aromatic nitrogens is 1. The summed E-state index contributed by atoms with van der Waals surface area (Å²) in [5.74, 6) is 0. The summed E-state index contributed by atoms with van der Waals surface area (Å²) in [6, 6.07) is 10.9. The standard InChI is InChI=1S/C15H22N2/c1-2-3-4-8-13(16)11-14-10-12-7-5-6-9-15(12)17-14/h5-7,9-10,13,17H,2-4,8,11,16H2,1H3. The fraction of sp³-hybridized carbons (Fsp3) is 0.467. The lowest BCUT2D eigenvalue weighted by molar-refractivity contribution is 0.554. The molecular formula is C15H22N2. The van der Waals surface area contributed by atoms with Crippen molar-refractivity contribution in [3.8, 4) is 0 Å². The molecule has 0 bridgehead atoms. The van der Waals surface area contributed by atoms with Gasteiger partial charge in [-0.25, -0.2) is 0 Å². The molecule has 0 saturated heterocycles. The van der Waals surface area contributed by atoms with Crippen LogP contribution in [0.3, 0.4) is 0 Å². The second kappa shape index (κ2) is 5.87. The molecule has 0 fully saturated rings. The topological polar surface area (TPSA) is 41.8 Å². The Morgan fingerprint density at radius 2 is 2.06 bits per heavy atom. The van der Waals surface area contributed by atoms with E-state index in [1.54, 1.807) is 0 Å². The first kappa shape index (κ1) is 12.2. The maximum atomic E-state index is 6.15. The van der Waals surface area contributed by atoms with Crippen molar-refractivity contribution in [3.63, 3.8) is 0 Å². The van der Waals surface area contributed by atoms with Crippen molar-refractivity contribution in [1.82, 2.24) is 4.98 Å². The molecule has 0 saturated carbocycles. The Bertz CT molecular complexity index is 426. The van der Waals surface area contributed by atoms with Gasteiger partial charge in [0.15, 0.2) is 0 Å². The van der Waals surface area contributed by atoms with Gasteiger partial charge in [0, 0.05) is 23.7 Å². The van der Waals surface area contributed by atoms with E-state index in [4.69, 9.17) is 5.73 Å². The number of nitrogens with two attached hydrogens (primary N) is 1. The van der Waals surface area contributed by atoms with E-state index >= 15 is 0 Å². The molecule has 1 heterocycles. The molecule has 0 amide bonds. The highest BCUT2D eigenvalue weighted by Crippen LogP contribution is 2.16. The molecule has 0 spiro atoms. The molecule has 0 aliphatic rings. The Morgan fingerprint density at radius 1 is 1.24 bits per heavy atom. The quantitative estimate of drug-likeness (QED) is 0.731. The smallest absolute Gasteiger partial charge is 0.0456 e. The number of benzene rings is 1. The molecule has 0 aliphatic heterocycles. The summed E-state index contributed by atoms with van der Waals surface area (Å²) < 4.78 is 0. The summed E-state index contributed by atoms with van der Waals surface area (Å²) in [6.07, 6.45) is 5.89. The number of fused-ring (bicyclic) bond motifs is 1. The number of unbranched alkanes of at least 4 members (excludes halogenated alkanes) is 2. The maximum Gasteiger partial charge on any atom is 0.0456 e. The third-order valence-electron chi connectivity index (χ3n) is 3.25. The van der Waals surface area contributed by atoms with Crippen LogP contribution in [-0.2, 0) is 6.42 Å². The summed E-state index contributed by atoms with van der Waals surface area (Å²) in [5.41, 5.74) is 8.62. The van der Waals surface area contributed by atoms with Gasteiger partial charge >= 0.3 is 0 Å². The predicted molar refractivity (Wildman–Crippen MR) is 74.1 cm³/mol. The Labute approximate surface area is 103 Å². The summed E-state index contributed by atoms with van der Waals surface area (Å²) in [5, 5.41) is 1.28. The van der Waals surface area contributed by atoms with E-state index < -0.39 is 0 Å². The van der Waals surface area contributed by atoms with Gasteiger partial charge in [-0.15, -0.1) is 0 Å². The number of para-hydroxylation sites is 1. The largest absolute Gasteiger partial charge is 0.358 e. The predicted octanol–water partition coefficient (Wildman–Crippen LogP) is 3.62. The lowest BCUT2D eigenvalue weighted by Crippen LogP contribution is -2.22. The summed E-state index contributed by atoms with van der Waals surface area (Å²) in [4.78, 5) is 3.44. The van der Waals surface area contributed by atoms with Crippen molar-refractivity contribution >= 4 is 10.9 Å². The molecule has 17 heavy (non-hydrogen) atoms. The van der Waals surface area contributed by atoms with Crippen LogP contribution >= 0.6 is 0 Å². The van der Waals surface area contributed by atoms with Crippen LogP contribution in [0.2, 0.25) is 0 Å². The Balaban J connectivity index is 1.93. The highest BCUT2D eigenvalue weighted by Gasteiger charge is 2.06. The second-order valence-corrected chi connectivity index (χ2v) is 4.84. The van der Waals surface area contributed by atoms with Crippen molar-refractivity contribution in [2.45, 2.75) is 45.1 Å². The van der Waals surface area contributed by atoms with Crippen molar-refractivity contribution < 1.29 is 0 Å². The molecule has 2 heteroatoms. The minimum atomic E-state index is 0.287. The third kappa shape index (κ3) is 3.34. The molecule has 2 aromatic rings. The maximum absolute atomic E-state index is 6.15. The zero-order valence-corrected chi connectivity index (χ0v) is 10.6. The van der Waals surface area contributed by atoms with Crippen LogP contribution < -0.4 is 5.73 Å². The van der Waals surface area contributed by atoms with Gasteiger partial charge in [0.2, 0.25) is 0 Å². The molecule has 1 atom stereocenters. The van der Waals surface area contributed by atoms with E-state index in [1.807, 2.05) is 0 Å². The van der Waals surface area contributed by atoms with E-state index in [2.05, 4.69) is 42.2 Å². The third-order valence-corrected chi connectivity index (χ3v) is 3.25. The van der Waals surface area contributed by atoms with Crippen LogP contribution in [-0.4, -0.2) is 11.0 Å². The fourth-order valence-electron chi connectivity index (χ4n) is 2.28. The van der Waals surface area contributed by atoms with Crippen LogP contribution in [0.1, 0.15) is 38.3 Å². The normalized spacial score (nSPS) is 13.1. The van der Waals surface area contributed by atoms with E-state index in [1.165, 1.54) is 35.9 Å². The average molecular weight is 230 g/mol. The average Bonchev–Trinajstić information content (AvgIpc) is 2.71. The van der Waals surface area contributed by atoms with Crippen molar-refractivity contribution in [2.24, 2.45) is 5.73 Å². The molecular weight excluding hydrogens is 208 g/mol. The number of hydrogen-bond donors (Lipinski definition) is 2. The lowest BCUT2D eigenvalue weighted by Gasteiger charge is -2.09. The summed E-state index contributed by atoms with van der Waals surface area (Å²) in [7, 11) is 0. The zero-order chi connectivity index (χ0) is 12.1. The SMILES string of the molecule is CCCCCC(N)Cc1cc2ccccc2[nH]1. The minimum absolute atomic E-state index is 0.287. The van der Waals surface area contributed by atoms with Gasteiger partial charge in [0.05, 0.1) is 0 Å². The first-order valence-corrected chi connectivity index (χ1v) is 6.62. The minimum Gasteiger partial charge on any atom is -0.358 e. The monoisotopic (exact) mass is 230 g/mol. The van der Waals surface area contributed by atoms with Crippen LogP contribution in [0.4, 0.5) is 0 Å². The fourth-order valence-corrected chi connectivity index (χ4v) is 2.28. The highest BCUT2D eigenvalue weighted by molar-refractivity contribution is 5.80. The van der Waals surface area contributed by atoms with Gasteiger partial charge in [-0.2, -0.15) is 0 Å². The Hall–Kier alpha value is -1.28. The first-order valence-electron chi connectivity index (χ1n) is 6.62. The van der Waals surface area contributed by atoms with Crippen LogP contribution in [0.25, 0.3) is 10.9 Å². The molecule has 1 aromatic carbocycles. The van der Waals surface area contributed by atoms with Gasteiger partial charge < -0.3 is 10.7 Å². The number of rotatable bonds is 6. The first-order chi connectivity index (χ1) is 8.29. The molecule has 2 nitrogen and oxygen atoms in total. The van der Waals surface area contributed by atoms with Gasteiger partial charge in [-0.05, 0) is 23.9 Å². The molecule has 3 N–H and O–H groups in total. The molecule has 0 radical (unpaired) electrons. The Morgan fingerprint density at radius 3 is 2.82 bits per heavy atom. The molecule has 2 rings (SSSR count).